The zero-order chi connectivity index (χ0) is 14.8. The monoisotopic (exact) mass is 302 g/mol. The number of benzene rings is 1. The summed E-state index contributed by atoms with van der Waals surface area (Å²) in [6.45, 7) is 0. The van der Waals surface area contributed by atoms with Crippen LogP contribution in [0.25, 0.3) is 10.9 Å². The fourth-order valence-electron chi connectivity index (χ4n) is 1.88. The van der Waals surface area contributed by atoms with Crippen molar-refractivity contribution in [3.05, 3.63) is 64.5 Å². The number of rotatable bonds is 3. The fraction of sp³-hybridized carbons (Fsp3) is 0.0714. The van der Waals surface area contributed by atoms with Gasteiger partial charge in [-0.2, -0.15) is 0 Å². The molecular formula is C14H11FN4OS. The maximum atomic E-state index is 13.3. The van der Waals surface area contributed by atoms with E-state index in [9.17, 15) is 9.18 Å². The van der Waals surface area contributed by atoms with Gasteiger partial charge in [0.15, 0.2) is 5.16 Å². The molecule has 2 heterocycles. The Bertz CT molecular complexity index is 851. The molecule has 0 saturated heterocycles. The largest absolute Gasteiger partial charge is 0.334 e. The normalized spacial score (nSPS) is 10.9. The molecule has 106 valence electrons. The molecule has 0 bridgehead atoms. The van der Waals surface area contributed by atoms with Crippen molar-refractivity contribution in [3.63, 3.8) is 0 Å². The molecule has 0 aliphatic heterocycles. The summed E-state index contributed by atoms with van der Waals surface area (Å²) in [6.07, 6.45) is 3.38. The van der Waals surface area contributed by atoms with Crippen LogP contribution < -0.4 is 11.4 Å². The van der Waals surface area contributed by atoms with Gasteiger partial charge in [-0.1, -0.05) is 11.8 Å². The quantitative estimate of drug-likeness (QED) is 0.455. The van der Waals surface area contributed by atoms with Crippen LogP contribution in [0.1, 0.15) is 5.56 Å². The molecule has 5 nitrogen and oxygen atoms in total. The maximum absolute atomic E-state index is 13.3. The Balaban J connectivity index is 1.98. The second kappa shape index (κ2) is 5.53. The van der Waals surface area contributed by atoms with Gasteiger partial charge in [0.25, 0.3) is 5.56 Å². The molecule has 0 amide bonds. The zero-order valence-corrected chi connectivity index (χ0v) is 11.7. The van der Waals surface area contributed by atoms with Crippen LogP contribution in [-0.4, -0.2) is 14.6 Å². The van der Waals surface area contributed by atoms with Crippen molar-refractivity contribution in [3.8, 4) is 0 Å². The zero-order valence-electron chi connectivity index (χ0n) is 10.9. The van der Waals surface area contributed by atoms with E-state index in [2.05, 4.69) is 9.97 Å². The highest BCUT2D eigenvalue weighted by Gasteiger charge is 2.10. The van der Waals surface area contributed by atoms with Crippen molar-refractivity contribution in [2.75, 3.05) is 5.84 Å². The van der Waals surface area contributed by atoms with Gasteiger partial charge in [-0.15, -0.1) is 0 Å². The van der Waals surface area contributed by atoms with Crippen molar-refractivity contribution in [1.82, 2.24) is 14.6 Å². The van der Waals surface area contributed by atoms with Crippen LogP contribution in [-0.2, 0) is 5.75 Å². The minimum absolute atomic E-state index is 0.298. The lowest BCUT2D eigenvalue weighted by molar-refractivity contribution is 0.628. The molecular weight excluding hydrogens is 291 g/mol. The second-order valence-corrected chi connectivity index (χ2v) is 5.32. The number of pyridine rings is 1. The highest BCUT2D eigenvalue weighted by molar-refractivity contribution is 7.98. The third-order valence-corrected chi connectivity index (χ3v) is 3.97. The number of nitrogens with zero attached hydrogens (tertiary/aromatic N) is 3. The SMILES string of the molecule is Nn1c(SCc2ccncc2)nc2cc(F)ccc2c1=O. The van der Waals surface area contributed by atoms with E-state index in [1.54, 1.807) is 12.4 Å². The first-order chi connectivity index (χ1) is 10.1. The number of nitrogen functional groups attached to an aromatic ring is 1. The van der Waals surface area contributed by atoms with Gasteiger partial charge in [0.2, 0.25) is 0 Å². The predicted octanol–water partition coefficient (Wildman–Crippen LogP) is 1.94. The van der Waals surface area contributed by atoms with Crippen LogP contribution in [0.3, 0.4) is 0 Å². The molecule has 0 radical (unpaired) electrons. The molecule has 0 spiro atoms. The van der Waals surface area contributed by atoms with Crippen LogP contribution in [0.15, 0.2) is 52.7 Å². The van der Waals surface area contributed by atoms with Gasteiger partial charge in [0.1, 0.15) is 5.82 Å². The van der Waals surface area contributed by atoms with Gasteiger partial charge in [-0.3, -0.25) is 9.78 Å². The van der Waals surface area contributed by atoms with Gasteiger partial charge < -0.3 is 5.84 Å². The van der Waals surface area contributed by atoms with Crippen LogP contribution in [0.2, 0.25) is 0 Å². The molecule has 2 N–H and O–H groups in total. The Labute approximate surface area is 123 Å². The lowest BCUT2D eigenvalue weighted by atomic mass is 10.2. The van der Waals surface area contributed by atoms with Crippen LogP contribution in [0.5, 0.6) is 0 Å². The number of hydrogen-bond acceptors (Lipinski definition) is 5. The topological polar surface area (TPSA) is 73.8 Å². The Morgan fingerprint density at radius 2 is 2.00 bits per heavy atom. The first-order valence-electron chi connectivity index (χ1n) is 6.14. The molecule has 0 aliphatic rings. The Kier molecular flexibility index (Phi) is 3.57. The average Bonchev–Trinajstić information content (AvgIpc) is 2.50. The summed E-state index contributed by atoms with van der Waals surface area (Å²) in [5.41, 5.74) is 0.944. The molecule has 21 heavy (non-hydrogen) atoms. The molecule has 3 aromatic rings. The molecule has 3 rings (SSSR count). The summed E-state index contributed by atoms with van der Waals surface area (Å²) in [5, 5.41) is 0.641. The fourth-order valence-corrected chi connectivity index (χ4v) is 2.75. The molecule has 0 saturated carbocycles. The van der Waals surface area contributed by atoms with Gasteiger partial charge in [-0.05, 0) is 29.8 Å². The summed E-state index contributed by atoms with van der Waals surface area (Å²) in [5.74, 6) is 5.92. The van der Waals surface area contributed by atoms with Gasteiger partial charge in [-0.25, -0.2) is 14.1 Å². The minimum Gasteiger partial charge on any atom is -0.334 e. The third-order valence-electron chi connectivity index (χ3n) is 2.95. The summed E-state index contributed by atoms with van der Waals surface area (Å²) in [6, 6.07) is 7.57. The molecule has 0 aliphatic carbocycles. The predicted molar refractivity (Wildman–Crippen MR) is 79.9 cm³/mol. The van der Waals surface area contributed by atoms with E-state index < -0.39 is 11.4 Å². The summed E-state index contributed by atoms with van der Waals surface area (Å²) < 4.78 is 14.2. The lowest BCUT2D eigenvalue weighted by Gasteiger charge is -2.08. The third kappa shape index (κ3) is 2.73. The van der Waals surface area contributed by atoms with Crippen molar-refractivity contribution >= 4 is 22.7 Å². The first-order valence-corrected chi connectivity index (χ1v) is 7.13. The summed E-state index contributed by atoms with van der Waals surface area (Å²) in [4.78, 5) is 20.3. The minimum atomic E-state index is -0.436. The van der Waals surface area contributed by atoms with E-state index in [1.807, 2.05) is 12.1 Å². The van der Waals surface area contributed by atoms with Gasteiger partial charge in [0, 0.05) is 24.2 Å². The van der Waals surface area contributed by atoms with Gasteiger partial charge in [0.05, 0.1) is 10.9 Å². The lowest BCUT2D eigenvalue weighted by Crippen LogP contribution is -2.29. The standard InChI is InChI=1S/C14H11FN4OS/c15-10-1-2-11-12(7-10)18-14(19(16)13(11)20)21-8-9-3-5-17-6-4-9/h1-7H,8,16H2. The van der Waals surface area contributed by atoms with Crippen molar-refractivity contribution in [1.29, 1.82) is 0 Å². The Hall–Kier alpha value is -2.41. The Morgan fingerprint density at radius 3 is 2.76 bits per heavy atom. The molecule has 7 heteroatoms. The Morgan fingerprint density at radius 1 is 1.24 bits per heavy atom. The highest BCUT2D eigenvalue weighted by atomic mass is 32.2. The first kappa shape index (κ1) is 13.6. The van der Waals surface area contributed by atoms with Gasteiger partial charge >= 0.3 is 0 Å². The van der Waals surface area contributed by atoms with Crippen molar-refractivity contribution in [2.45, 2.75) is 10.9 Å². The van der Waals surface area contributed by atoms with E-state index >= 15 is 0 Å². The van der Waals surface area contributed by atoms with Crippen molar-refractivity contribution in [2.24, 2.45) is 0 Å². The van der Waals surface area contributed by atoms with Crippen LogP contribution >= 0.6 is 11.8 Å². The van der Waals surface area contributed by atoms with E-state index in [1.165, 1.54) is 30.0 Å². The summed E-state index contributed by atoms with van der Waals surface area (Å²) in [7, 11) is 0. The maximum Gasteiger partial charge on any atom is 0.280 e. The molecule has 0 fully saturated rings. The highest BCUT2D eigenvalue weighted by Crippen LogP contribution is 2.20. The van der Waals surface area contributed by atoms with E-state index in [0.29, 0.717) is 21.8 Å². The van der Waals surface area contributed by atoms with E-state index in [-0.39, 0.29) is 0 Å². The number of aromatic nitrogens is 3. The molecule has 0 unspecified atom stereocenters. The number of thioether (sulfide) groups is 1. The average molecular weight is 302 g/mol. The molecule has 2 aromatic heterocycles. The number of fused-ring (bicyclic) bond motifs is 1. The van der Waals surface area contributed by atoms with E-state index in [4.69, 9.17) is 5.84 Å². The van der Waals surface area contributed by atoms with Crippen LogP contribution in [0, 0.1) is 5.82 Å². The van der Waals surface area contributed by atoms with Crippen LogP contribution in [0.4, 0.5) is 4.39 Å². The molecule has 0 atom stereocenters. The smallest absolute Gasteiger partial charge is 0.280 e. The summed E-state index contributed by atoms with van der Waals surface area (Å²) >= 11 is 1.31. The molecule has 1 aromatic carbocycles. The second-order valence-electron chi connectivity index (χ2n) is 4.38. The number of halogens is 1. The van der Waals surface area contributed by atoms with Crippen molar-refractivity contribution < 1.29 is 4.39 Å². The number of nitrogens with two attached hydrogens (primary N) is 1. The number of hydrogen-bond donors (Lipinski definition) is 1. The van der Waals surface area contributed by atoms with E-state index in [0.717, 1.165) is 10.2 Å².